The van der Waals surface area contributed by atoms with Gasteiger partial charge < -0.3 is 20.1 Å². The number of aliphatic hydroxyl groups excluding tert-OH is 1. The van der Waals surface area contributed by atoms with Gasteiger partial charge in [0, 0.05) is 40.5 Å². The van der Waals surface area contributed by atoms with E-state index in [4.69, 9.17) is 16.3 Å². The summed E-state index contributed by atoms with van der Waals surface area (Å²) in [5.41, 5.74) is 2.88. The summed E-state index contributed by atoms with van der Waals surface area (Å²) in [7, 11) is 1.51. The molecule has 0 aliphatic carbocycles. The minimum absolute atomic E-state index is 0.131. The third-order valence-corrected chi connectivity index (χ3v) is 4.58. The smallest absolute Gasteiger partial charge is 0.227 e. The van der Waals surface area contributed by atoms with Crippen LogP contribution >= 0.6 is 11.6 Å². The number of aromatic nitrogens is 1. The fourth-order valence-corrected chi connectivity index (χ4v) is 3.11. The minimum atomic E-state index is -0.706. The van der Waals surface area contributed by atoms with Crippen LogP contribution in [0.25, 0.3) is 21.8 Å². The van der Waals surface area contributed by atoms with Gasteiger partial charge in [-0.25, -0.2) is 0 Å². The van der Waals surface area contributed by atoms with E-state index < -0.39 is 6.10 Å². The highest BCUT2D eigenvalue weighted by atomic mass is 35.5. The van der Waals surface area contributed by atoms with Crippen molar-refractivity contribution in [3.63, 3.8) is 0 Å². The highest BCUT2D eigenvalue weighted by Gasteiger charge is 2.17. The Kier molecular flexibility index (Phi) is 5.27. The quantitative estimate of drug-likeness (QED) is 0.632. The Bertz CT molecular complexity index is 906. The zero-order chi connectivity index (χ0) is 18.0. The van der Waals surface area contributed by atoms with Crippen molar-refractivity contribution in [2.45, 2.75) is 18.9 Å². The van der Waals surface area contributed by atoms with Crippen LogP contribution < -0.4 is 5.32 Å². The number of aliphatic hydroxyl groups is 1. The average Bonchev–Trinajstić information content (AvgIpc) is 2.96. The van der Waals surface area contributed by atoms with Gasteiger partial charge in [-0.15, -0.1) is 0 Å². The van der Waals surface area contributed by atoms with E-state index >= 15 is 0 Å². The second-order valence-corrected chi connectivity index (χ2v) is 6.63. The lowest BCUT2D eigenvalue weighted by atomic mass is 9.98. The lowest BCUT2D eigenvalue weighted by Gasteiger charge is -2.15. The van der Waals surface area contributed by atoms with Crippen LogP contribution in [-0.4, -0.2) is 42.4 Å². The predicted octanol–water partition coefficient (Wildman–Crippen LogP) is 3.20. The van der Waals surface area contributed by atoms with Crippen LogP contribution in [0.4, 0.5) is 0 Å². The van der Waals surface area contributed by atoms with Crippen LogP contribution in [0.5, 0.6) is 0 Å². The van der Waals surface area contributed by atoms with Crippen LogP contribution in [-0.2, 0) is 9.53 Å². The molecule has 2 aromatic carbocycles. The molecular weight excluding hydrogens is 340 g/mol. The number of benzene rings is 2. The molecule has 0 radical (unpaired) electrons. The van der Waals surface area contributed by atoms with E-state index in [0.29, 0.717) is 5.02 Å². The van der Waals surface area contributed by atoms with E-state index in [9.17, 15) is 9.90 Å². The van der Waals surface area contributed by atoms with E-state index in [0.717, 1.165) is 27.4 Å². The minimum Gasteiger partial charge on any atom is -0.389 e. The summed E-state index contributed by atoms with van der Waals surface area (Å²) >= 11 is 6.09. The summed E-state index contributed by atoms with van der Waals surface area (Å²) in [6.45, 7) is 2.21. The first-order valence-electron chi connectivity index (χ1n) is 8.15. The van der Waals surface area contributed by atoms with Crippen molar-refractivity contribution >= 4 is 39.3 Å². The van der Waals surface area contributed by atoms with Crippen molar-refractivity contribution in [2.24, 2.45) is 0 Å². The first kappa shape index (κ1) is 17.7. The van der Waals surface area contributed by atoms with Gasteiger partial charge in [-0.05, 0) is 36.8 Å². The van der Waals surface area contributed by atoms with Gasteiger partial charge in [0.15, 0.2) is 0 Å². The number of hydrogen-bond donors (Lipinski definition) is 3. The fraction of sp³-hybridized carbons (Fsp3) is 0.316. The van der Waals surface area contributed by atoms with Gasteiger partial charge in [0.1, 0.15) is 0 Å². The van der Waals surface area contributed by atoms with Gasteiger partial charge in [0.05, 0.1) is 18.6 Å². The number of carbonyl (C=O) groups is 1. The Morgan fingerprint density at radius 2 is 2.04 bits per heavy atom. The number of H-pyrrole nitrogens is 1. The van der Waals surface area contributed by atoms with Gasteiger partial charge in [-0.1, -0.05) is 23.7 Å². The van der Waals surface area contributed by atoms with Crippen molar-refractivity contribution in [3.05, 3.63) is 47.0 Å². The number of halogens is 1. The average molecular weight is 361 g/mol. The lowest BCUT2D eigenvalue weighted by Crippen LogP contribution is -2.36. The molecule has 1 amide bonds. The Morgan fingerprint density at radius 3 is 2.80 bits per heavy atom. The summed E-state index contributed by atoms with van der Waals surface area (Å²) in [5, 5.41) is 15.2. The maximum Gasteiger partial charge on any atom is 0.227 e. The Labute approximate surface area is 150 Å². The SMILES string of the molecule is COC[C@@H](O)CNC(=O)[C@@H](C)c1ccc2c(c1)[nH]c1ccc(Cl)cc12. The van der Waals surface area contributed by atoms with E-state index in [-0.39, 0.29) is 25.0 Å². The Balaban J connectivity index is 1.81. The summed E-state index contributed by atoms with van der Waals surface area (Å²) in [4.78, 5) is 15.7. The zero-order valence-electron chi connectivity index (χ0n) is 14.2. The predicted molar refractivity (Wildman–Crippen MR) is 100 cm³/mol. The molecule has 0 saturated carbocycles. The summed E-state index contributed by atoms with van der Waals surface area (Å²) in [6.07, 6.45) is -0.706. The highest BCUT2D eigenvalue weighted by Crippen LogP contribution is 2.30. The molecule has 3 rings (SSSR count). The van der Waals surface area contributed by atoms with Gasteiger partial charge >= 0.3 is 0 Å². The number of hydrogen-bond acceptors (Lipinski definition) is 3. The van der Waals surface area contributed by atoms with Crippen molar-refractivity contribution in [2.75, 3.05) is 20.3 Å². The van der Waals surface area contributed by atoms with E-state index in [1.165, 1.54) is 7.11 Å². The molecular formula is C19H21ClN2O3. The largest absolute Gasteiger partial charge is 0.389 e. The van der Waals surface area contributed by atoms with Crippen molar-refractivity contribution in [1.29, 1.82) is 0 Å². The molecule has 0 spiro atoms. The number of ether oxygens (including phenoxy) is 1. The summed E-state index contributed by atoms with van der Waals surface area (Å²) in [5.74, 6) is -0.456. The van der Waals surface area contributed by atoms with Crippen molar-refractivity contribution in [1.82, 2.24) is 10.3 Å². The van der Waals surface area contributed by atoms with Crippen LogP contribution in [0.1, 0.15) is 18.4 Å². The van der Waals surface area contributed by atoms with Crippen LogP contribution in [0.15, 0.2) is 36.4 Å². The number of methoxy groups -OCH3 is 1. The second-order valence-electron chi connectivity index (χ2n) is 6.20. The topological polar surface area (TPSA) is 74.3 Å². The number of aromatic amines is 1. The van der Waals surface area contributed by atoms with Gasteiger partial charge in [0.25, 0.3) is 0 Å². The van der Waals surface area contributed by atoms with Gasteiger partial charge in [-0.3, -0.25) is 4.79 Å². The molecule has 2 atom stereocenters. The Hall–Kier alpha value is -2.08. The monoisotopic (exact) mass is 360 g/mol. The Morgan fingerprint density at radius 1 is 1.24 bits per heavy atom. The number of carbonyl (C=O) groups excluding carboxylic acids is 1. The molecule has 1 aromatic heterocycles. The van der Waals surface area contributed by atoms with Crippen LogP contribution in [0, 0.1) is 0 Å². The third-order valence-electron chi connectivity index (χ3n) is 4.35. The molecule has 1 heterocycles. The highest BCUT2D eigenvalue weighted by molar-refractivity contribution is 6.31. The lowest BCUT2D eigenvalue weighted by molar-refractivity contribution is -0.122. The molecule has 3 aromatic rings. The van der Waals surface area contributed by atoms with E-state index in [2.05, 4.69) is 10.3 Å². The first-order chi connectivity index (χ1) is 12.0. The maximum absolute atomic E-state index is 12.3. The van der Waals surface area contributed by atoms with Gasteiger partial charge in [-0.2, -0.15) is 0 Å². The maximum atomic E-state index is 12.3. The number of amides is 1. The van der Waals surface area contributed by atoms with Crippen molar-refractivity contribution in [3.8, 4) is 0 Å². The first-order valence-corrected chi connectivity index (χ1v) is 8.53. The standard InChI is InChI=1S/C19H21ClN2O3/c1-11(19(24)21-9-14(23)10-25-2)12-3-5-15-16-8-13(20)4-6-17(16)22-18(15)7-12/h3-8,11,14,22-23H,9-10H2,1-2H3,(H,21,24)/t11-,14-/m0/s1. The number of rotatable bonds is 6. The molecule has 5 nitrogen and oxygen atoms in total. The fourth-order valence-electron chi connectivity index (χ4n) is 2.94. The number of fused-ring (bicyclic) bond motifs is 3. The van der Waals surface area contributed by atoms with Crippen LogP contribution in [0.3, 0.4) is 0 Å². The third kappa shape index (κ3) is 3.79. The molecule has 6 heteroatoms. The molecule has 3 N–H and O–H groups in total. The van der Waals surface area contributed by atoms with Crippen LogP contribution in [0.2, 0.25) is 5.02 Å². The molecule has 0 fully saturated rings. The molecule has 25 heavy (non-hydrogen) atoms. The van der Waals surface area contributed by atoms with E-state index in [1.54, 1.807) is 0 Å². The molecule has 0 aliphatic heterocycles. The zero-order valence-corrected chi connectivity index (χ0v) is 14.9. The van der Waals surface area contributed by atoms with Crippen molar-refractivity contribution < 1.29 is 14.6 Å². The van der Waals surface area contributed by atoms with E-state index in [1.807, 2.05) is 43.3 Å². The number of nitrogens with one attached hydrogen (secondary N) is 2. The molecule has 0 bridgehead atoms. The molecule has 132 valence electrons. The summed E-state index contributed by atoms with van der Waals surface area (Å²) < 4.78 is 4.85. The second kappa shape index (κ2) is 7.44. The normalized spacial score (nSPS) is 13.9. The molecule has 0 aliphatic rings. The summed E-state index contributed by atoms with van der Waals surface area (Å²) in [6, 6.07) is 11.7. The molecule has 0 saturated heterocycles. The molecule has 0 unspecified atom stereocenters. The van der Waals surface area contributed by atoms with Gasteiger partial charge in [0.2, 0.25) is 5.91 Å².